The molecule has 0 heterocycles. The van der Waals surface area contributed by atoms with Crippen LogP contribution in [0.1, 0.15) is 232 Å². The van der Waals surface area contributed by atoms with Crippen LogP contribution in [0, 0.1) is 0 Å². The summed E-state index contributed by atoms with van der Waals surface area (Å²) in [6.07, 6.45) is 62.5. The number of carbonyl (C=O) groups is 1. The molecule has 0 saturated heterocycles. The van der Waals surface area contributed by atoms with Crippen LogP contribution in [-0.2, 0) is 27.9 Å². The van der Waals surface area contributed by atoms with Gasteiger partial charge in [0.05, 0.1) is 19.8 Å². The first-order valence-electron chi connectivity index (χ1n) is 25.8. The summed E-state index contributed by atoms with van der Waals surface area (Å²) in [5, 5.41) is 0. The van der Waals surface area contributed by atoms with Gasteiger partial charge in [0.2, 0.25) is 0 Å². The van der Waals surface area contributed by atoms with Gasteiger partial charge in [-0.05, 0) is 77.0 Å². The highest BCUT2D eigenvalue weighted by Crippen LogP contribution is 2.43. The Balaban J connectivity index is 3.91. The first-order chi connectivity index (χ1) is 30.4. The van der Waals surface area contributed by atoms with Crippen molar-refractivity contribution in [3.63, 3.8) is 0 Å². The quantitative estimate of drug-likeness (QED) is 0.0268. The lowest BCUT2D eigenvalue weighted by atomic mass is 10.0. The van der Waals surface area contributed by atoms with Gasteiger partial charge in [-0.2, -0.15) is 0 Å². The van der Waals surface area contributed by atoms with E-state index >= 15 is 0 Å². The van der Waals surface area contributed by atoms with Crippen LogP contribution in [0.3, 0.4) is 0 Å². The molecular weight excluding hydrogens is 794 g/mol. The molecule has 62 heavy (non-hydrogen) atoms. The molecule has 8 nitrogen and oxygen atoms in total. The minimum Gasteiger partial charge on any atom is -0.457 e. The van der Waals surface area contributed by atoms with Crippen LogP contribution in [0.15, 0.2) is 60.8 Å². The summed E-state index contributed by atoms with van der Waals surface area (Å²) in [4.78, 5) is 22.6. The molecule has 9 heteroatoms. The second-order valence-corrected chi connectivity index (χ2v) is 18.5. The standard InChI is InChI=1S/C53H98NO7P/c1-3-5-7-9-11-13-15-17-19-21-22-23-24-25-26-27-28-29-31-33-35-37-39-41-43-45-48-58-50-52(51-60-62(56,57)59-49-47-54)61-53(55)46-44-42-40-38-36-34-32-30-20-18-16-14-12-10-8-6-4-2/h5,7,11,13,17-20,22-23,52H,3-4,6,8-10,12,14-16,21,24-51,54H2,1-2H3,(H,56,57)/b7-5-,13-11-,19-17-,20-18-,23-22-. The van der Waals surface area contributed by atoms with Gasteiger partial charge in [-0.3, -0.25) is 13.8 Å². The number of ether oxygens (including phenoxy) is 2. The van der Waals surface area contributed by atoms with E-state index in [1.807, 2.05) is 0 Å². The summed E-state index contributed by atoms with van der Waals surface area (Å²) < 4.78 is 33.6. The fourth-order valence-electron chi connectivity index (χ4n) is 7.16. The lowest BCUT2D eigenvalue weighted by Crippen LogP contribution is -2.28. The average molecular weight is 892 g/mol. The summed E-state index contributed by atoms with van der Waals surface area (Å²) in [5.41, 5.74) is 5.39. The molecule has 0 aromatic heterocycles. The lowest BCUT2D eigenvalue weighted by molar-refractivity contribution is -0.154. The van der Waals surface area contributed by atoms with Crippen LogP contribution in [-0.4, -0.2) is 49.9 Å². The fraction of sp³-hybridized carbons (Fsp3) is 0.792. The second kappa shape index (κ2) is 50.2. The fourth-order valence-corrected chi connectivity index (χ4v) is 7.93. The number of hydrogen-bond donors (Lipinski definition) is 2. The monoisotopic (exact) mass is 892 g/mol. The van der Waals surface area contributed by atoms with Crippen molar-refractivity contribution in [3.05, 3.63) is 60.8 Å². The molecule has 3 N–H and O–H groups in total. The molecule has 0 saturated carbocycles. The highest BCUT2D eigenvalue weighted by molar-refractivity contribution is 7.47. The van der Waals surface area contributed by atoms with E-state index in [1.165, 1.54) is 154 Å². The van der Waals surface area contributed by atoms with E-state index in [1.54, 1.807) is 0 Å². The highest BCUT2D eigenvalue weighted by Gasteiger charge is 2.25. The number of phosphoric acid groups is 1. The van der Waals surface area contributed by atoms with Crippen LogP contribution >= 0.6 is 7.82 Å². The van der Waals surface area contributed by atoms with Crippen molar-refractivity contribution in [1.82, 2.24) is 0 Å². The zero-order valence-corrected chi connectivity index (χ0v) is 41.2. The van der Waals surface area contributed by atoms with E-state index in [0.717, 1.165) is 57.8 Å². The number of carbonyl (C=O) groups excluding carboxylic acids is 1. The number of nitrogens with two attached hydrogens (primary N) is 1. The van der Waals surface area contributed by atoms with Crippen molar-refractivity contribution in [3.8, 4) is 0 Å². The molecule has 0 aliphatic carbocycles. The Kier molecular flexibility index (Phi) is 48.7. The van der Waals surface area contributed by atoms with Crippen LogP contribution in [0.2, 0.25) is 0 Å². The Hall–Kier alpha value is -1.80. The molecule has 0 aliphatic rings. The molecular formula is C53H98NO7P. The number of unbranched alkanes of at least 4 members (excludes halogenated alkanes) is 26. The third kappa shape index (κ3) is 49.2. The Morgan fingerprint density at radius 1 is 0.500 bits per heavy atom. The van der Waals surface area contributed by atoms with E-state index < -0.39 is 13.9 Å². The SMILES string of the molecule is CC/C=C\C/C=C\C/C=C\C/C=C\CCCCCCCCCCCCCCCOCC(COP(=O)(O)OCCN)OC(=O)CCCCCCCCC/C=C\CCCCCCCC. The summed E-state index contributed by atoms with van der Waals surface area (Å²) in [6, 6.07) is 0. The Morgan fingerprint density at radius 2 is 0.903 bits per heavy atom. The number of esters is 1. The number of hydrogen-bond acceptors (Lipinski definition) is 7. The summed E-state index contributed by atoms with van der Waals surface area (Å²) in [7, 11) is -4.28. The van der Waals surface area contributed by atoms with Crippen molar-refractivity contribution < 1.29 is 32.8 Å². The van der Waals surface area contributed by atoms with Crippen molar-refractivity contribution in [2.75, 3.05) is 33.0 Å². The smallest absolute Gasteiger partial charge is 0.457 e. The predicted octanol–water partition coefficient (Wildman–Crippen LogP) is 16.1. The Bertz CT molecular complexity index is 1140. The van der Waals surface area contributed by atoms with Crippen LogP contribution < -0.4 is 5.73 Å². The zero-order valence-electron chi connectivity index (χ0n) is 40.3. The summed E-state index contributed by atoms with van der Waals surface area (Å²) >= 11 is 0. The number of phosphoric ester groups is 1. The van der Waals surface area contributed by atoms with Crippen molar-refractivity contribution >= 4 is 13.8 Å². The van der Waals surface area contributed by atoms with E-state index in [2.05, 4.69) is 74.6 Å². The largest absolute Gasteiger partial charge is 0.472 e. The minimum absolute atomic E-state index is 0.0975. The summed E-state index contributed by atoms with van der Waals surface area (Å²) in [5.74, 6) is -0.334. The molecule has 0 amide bonds. The van der Waals surface area contributed by atoms with Crippen molar-refractivity contribution in [2.45, 2.75) is 238 Å². The van der Waals surface area contributed by atoms with E-state index in [-0.39, 0.29) is 32.3 Å². The van der Waals surface area contributed by atoms with Gasteiger partial charge in [-0.25, -0.2) is 4.57 Å². The van der Waals surface area contributed by atoms with Gasteiger partial charge in [0.25, 0.3) is 0 Å². The molecule has 362 valence electrons. The molecule has 0 fully saturated rings. The third-order valence-corrected chi connectivity index (χ3v) is 11.9. The molecule has 0 bridgehead atoms. The average Bonchev–Trinajstić information content (AvgIpc) is 3.26. The van der Waals surface area contributed by atoms with E-state index in [0.29, 0.717) is 13.0 Å². The van der Waals surface area contributed by atoms with E-state index in [9.17, 15) is 14.3 Å². The minimum atomic E-state index is -4.28. The maximum atomic E-state index is 12.6. The Labute approximate surface area is 383 Å². The van der Waals surface area contributed by atoms with Gasteiger partial charge in [0.15, 0.2) is 0 Å². The first-order valence-corrected chi connectivity index (χ1v) is 27.3. The molecule has 0 aliphatic heterocycles. The number of rotatable bonds is 49. The molecule has 0 spiro atoms. The molecule has 0 rings (SSSR count). The van der Waals surface area contributed by atoms with Crippen LogP contribution in [0.5, 0.6) is 0 Å². The third-order valence-electron chi connectivity index (χ3n) is 10.9. The first kappa shape index (κ1) is 60.2. The van der Waals surface area contributed by atoms with Crippen LogP contribution in [0.25, 0.3) is 0 Å². The van der Waals surface area contributed by atoms with Gasteiger partial charge >= 0.3 is 13.8 Å². The zero-order chi connectivity index (χ0) is 45.1. The normalized spacial score (nSPS) is 13.8. The predicted molar refractivity (Wildman–Crippen MR) is 266 cm³/mol. The Morgan fingerprint density at radius 3 is 1.37 bits per heavy atom. The van der Waals surface area contributed by atoms with Crippen LogP contribution in [0.4, 0.5) is 0 Å². The molecule has 2 unspecified atom stereocenters. The van der Waals surface area contributed by atoms with Crippen molar-refractivity contribution in [1.29, 1.82) is 0 Å². The molecule has 0 aromatic carbocycles. The molecule has 2 atom stereocenters. The van der Waals surface area contributed by atoms with Gasteiger partial charge in [-0.15, -0.1) is 0 Å². The van der Waals surface area contributed by atoms with Gasteiger partial charge in [0.1, 0.15) is 6.10 Å². The van der Waals surface area contributed by atoms with E-state index in [4.69, 9.17) is 24.3 Å². The summed E-state index contributed by atoms with van der Waals surface area (Å²) in [6.45, 7) is 4.82. The maximum Gasteiger partial charge on any atom is 0.472 e. The topological polar surface area (TPSA) is 117 Å². The molecule has 0 aromatic rings. The van der Waals surface area contributed by atoms with Crippen molar-refractivity contribution in [2.24, 2.45) is 5.73 Å². The van der Waals surface area contributed by atoms with Gasteiger partial charge in [0, 0.05) is 19.6 Å². The number of allylic oxidation sites excluding steroid dienone is 10. The second-order valence-electron chi connectivity index (χ2n) is 17.0. The maximum absolute atomic E-state index is 12.6. The van der Waals surface area contributed by atoms with Gasteiger partial charge in [-0.1, -0.05) is 209 Å². The van der Waals surface area contributed by atoms with Gasteiger partial charge < -0.3 is 20.1 Å². The molecule has 0 radical (unpaired) electrons. The lowest BCUT2D eigenvalue weighted by Gasteiger charge is -2.20. The highest BCUT2D eigenvalue weighted by atomic mass is 31.2.